The van der Waals surface area contributed by atoms with E-state index in [1.807, 2.05) is 0 Å². The number of hydrogen-bond acceptors (Lipinski definition) is 4. The van der Waals surface area contributed by atoms with E-state index in [-0.39, 0.29) is 4.34 Å². The largest absolute Gasteiger partial charge is 0.300 e. The third-order valence-electron chi connectivity index (χ3n) is 0.657. The highest BCUT2D eigenvalue weighted by Crippen LogP contribution is 2.10. The lowest BCUT2D eigenvalue weighted by Gasteiger charge is -1.77. The summed E-state index contributed by atoms with van der Waals surface area (Å²) in [4.78, 5) is 0. The van der Waals surface area contributed by atoms with Crippen molar-refractivity contribution >= 4 is 22.4 Å². The second kappa shape index (κ2) is 2.51. The quantitative estimate of drug-likeness (QED) is 0.611. The molecule has 6 heteroatoms. The average molecular weight is 164 g/mol. The number of aryl methyl sites for hydroxylation is 1. The topological polar surface area (TPSA) is 63.1 Å². The van der Waals surface area contributed by atoms with E-state index in [4.69, 9.17) is 4.55 Å². The van der Waals surface area contributed by atoms with Crippen LogP contribution in [0.4, 0.5) is 0 Å². The van der Waals surface area contributed by atoms with E-state index in [1.54, 1.807) is 6.92 Å². The summed E-state index contributed by atoms with van der Waals surface area (Å²) in [6, 6.07) is 0. The smallest absolute Gasteiger partial charge is 0.232 e. The first kappa shape index (κ1) is 6.79. The Kier molecular flexibility index (Phi) is 1.89. The second-order valence-corrected chi connectivity index (χ2v) is 3.66. The highest BCUT2D eigenvalue weighted by molar-refractivity contribution is 7.81. The Labute approximate surface area is 58.2 Å². The van der Waals surface area contributed by atoms with E-state index in [9.17, 15) is 4.21 Å². The van der Waals surface area contributed by atoms with Gasteiger partial charge in [-0.25, -0.2) is 4.21 Å². The van der Waals surface area contributed by atoms with Gasteiger partial charge in [-0.2, -0.15) is 0 Å². The van der Waals surface area contributed by atoms with Crippen LogP contribution in [0.3, 0.4) is 0 Å². The standard InChI is InChI=1S/C3H4N2O2S2/c1-2-4-5-3(8-2)9(6)7/h1H3,(H,6,7). The number of aromatic nitrogens is 2. The van der Waals surface area contributed by atoms with Gasteiger partial charge >= 0.3 is 0 Å². The first-order chi connectivity index (χ1) is 4.20. The van der Waals surface area contributed by atoms with Crippen LogP contribution in [-0.4, -0.2) is 19.0 Å². The lowest BCUT2D eigenvalue weighted by Crippen LogP contribution is -1.85. The number of nitrogens with zero attached hydrogens (tertiary/aromatic N) is 2. The van der Waals surface area contributed by atoms with Crippen LogP contribution in [-0.2, 0) is 11.1 Å². The molecule has 0 spiro atoms. The van der Waals surface area contributed by atoms with Crippen molar-refractivity contribution in [3.05, 3.63) is 5.01 Å². The Balaban J connectivity index is 2.98. The van der Waals surface area contributed by atoms with Gasteiger partial charge in [-0.1, -0.05) is 11.3 Å². The summed E-state index contributed by atoms with van der Waals surface area (Å²) in [6.07, 6.45) is 0. The molecule has 0 aliphatic rings. The zero-order chi connectivity index (χ0) is 6.85. The number of rotatable bonds is 1. The van der Waals surface area contributed by atoms with Crippen LogP contribution in [0.5, 0.6) is 0 Å². The predicted molar refractivity (Wildman–Crippen MR) is 33.7 cm³/mol. The van der Waals surface area contributed by atoms with E-state index >= 15 is 0 Å². The molecule has 0 fully saturated rings. The monoisotopic (exact) mass is 164 g/mol. The minimum absolute atomic E-state index is 0.160. The maximum absolute atomic E-state index is 10.2. The summed E-state index contributed by atoms with van der Waals surface area (Å²) in [7, 11) is 0. The molecule has 1 unspecified atom stereocenters. The van der Waals surface area contributed by atoms with Crippen LogP contribution in [0.2, 0.25) is 0 Å². The SMILES string of the molecule is Cc1nnc(S(=O)O)s1. The minimum atomic E-state index is -1.96. The maximum atomic E-state index is 10.2. The molecule has 4 nitrogen and oxygen atoms in total. The van der Waals surface area contributed by atoms with Crippen molar-refractivity contribution in [3.8, 4) is 0 Å². The molecule has 1 N–H and O–H groups in total. The molecule has 9 heavy (non-hydrogen) atoms. The molecule has 0 saturated carbocycles. The fourth-order valence-corrected chi connectivity index (χ4v) is 1.52. The third kappa shape index (κ3) is 1.54. The molecule has 0 aliphatic carbocycles. The van der Waals surface area contributed by atoms with Crippen LogP contribution in [0, 0.1) is 6.92 Å². The molecule has 1 heterocycles. The van der Waals surface area contributed by atoms with Crippen molar-refractivity contribution in [2.75, 3.05) is 0 Å². The predicted octanol–water partition coefficient (Wildman–Crippen LogP) is 0.427. The molecule has 1 rings (SSSR count). The van der Waals surface area contributed by atoms with E-state index in [0.29, 0.717) is 5.01 Å². The zero-order valence-electron chi connectivity index (χ0n) is 4.57. The summed E-state index contributed by atoms with van der Waals surface area (Å²) in [5.41, 5.74) is 0. The minimum Gasteiger partial charge on any atom is -0.300 e. The fourth-order valence-electron chi connectivity index (χ4n) is 0.349. The molecule has 0 amide bonds. The van der Waals surface area contributed by atoms with E-state index in [2.05, 4.69) is 10.2 Å². The summed E-state index contributed by atoms with van der Waals surface area (Å²) in [5.74, 6) is 0. The Morgan fingerprint density at radius 1 is 1.67 bits per heavy atom. The maximum Gasteiger partial charge on any atom is 0.232 e. The van der Waals surface area contributed by atoms with Crippen LogP contribution < -0.4 is 0 Å². The second-order valence-electron chi connectivity index (χ2n) is 1.34. The summed E-state index contributed by atoms with van der Waals surface area (Å²) >= 11 is -0.840. The van der Waals surface area contributed by atoms with Crippen molar-refractivity contribution in [2.45, 2.75) is 11.3 Å². The van der Waals surface area contributed by atoms with Crippen LogP contribution in [0.25, 0.3) is 0 Å². The third-order valence-corrected chi connectivity index (χ3v) is 2.35. The van der Waals surface area contributed by atoms with Crippen LogP contribution in [0.15, 0.2) is 4.34 Å². The van der Waals surface area contributed by atoms with Gasteiger partial charge < -0.3 is 4.55 Å². The molecule has 1 aromatic heterocycles. The van der Waals surface area contributed by atoms with Gasteiger partial charge in [-0.15, -0.1) is 10.2 Å². The highest BCUT2D eigenvalue weighted by atomic mass is 32.2. The fraction of sp³-hybridized carbons (Fsp3) is 0.333. The van der Waals surface area contributed by atoms with E-state index < -0.39 is 11.1 Å². The van der Waals surface area contributed by atoms with Crippen LogP contribution in [0.1, 0.15) is 5.01 Å². The van der Waals surface area contributed by atoms with Crippen molar-refractivity contribution < 1.29 is 8.76 Å². The molecular weight excluding hydrogens is 160 g/mol. The molecule has 50 valence electrons. The molecule has 0 saturated heterocycles. The summed E-state index contributed by atoms with van der Waals surface area (Å²) in [6.45, 7) is 1.73. The molecule has 0 radical (unpaired) electrons. The zero-order valence-corrected chi connectivity index (χ0v) is 6.20. The molecule has 1 atom stereocenters. The van der Waals surface area contributed by atoms with Crippen molar-refractivity contribution in [1.29, 1.82) is 0 Å². The van der Waals surface area contributed by atoms with Gasteiger partial charge in [0.2, 0.25) is 15.4 Å². The average Bonchev–Trinajstić information content (AvgIpc) is 2.14. The summed E-state index contributed by atoms with van der Waals surface area (Å²) < 4.78 is 18.8. The van der Waals surface area contributed by atoms with Gasteiger partial charge in [-0.05, 0) is 6.92 Å². The van der Waals surface area contributed by atoms with Crippen LogP contribution >= 0.6 is 11.3 Å². The Morgan fingerprint density at radius 2 is 2.33 bits per heavy atom. The first-order valence-corrected chi connectivity index (χ1v) is 4.03. The molecule has 0 aliphatic heterocycles. The van der Waals surface area contributed by atoms with Gasteiger partial charge in [0.15, 0.2) is 0 Å². The molecule has 0 bridgehead atoms. The van der Waals surface area contributed by atoms with Gasteiger partial charge in [-0.3, -0.25) is 0 Å². The highest BCUT2D eigenvalue weighted by Gasteiger charge is 2.04. The van der Waals surface area contributed by atoms with Gasteiger partial charge in [0.25, 0.3) is 0 Å². The van der Waals surface area contributed by atoms with Crippen molar-refractivity contribution in [1.82, 2.24) is 10.2 Å². The van der Waals surface area contributed by atoms with E-state index in [1.165, 1.54) is 0 Å². The Morgan fingerprint density at radius 3 is 2.56 bits per heavy atom. The van der Waals surface area contributed by atoms with Gasteiger partial charge in [0.05, 0.1) is 0 Å². The van der Waals surface area contributed by atoms with Gasteiger partial charge in [0, 0.05) is 0 Å². The lowest BCUT2D eigenvalue weighted by atomic mass is 10.9. The lowest BCUT2D eigenvalue weighted by molar-refractivity contribution is 0.562. The van der Waals surface area contributed by atoms with Crippen molar-refractivity contribution in [2.24, 2.45) is 0 Å². The summed E-state index contributed by atoms with van der Waals surface area (Å²) in [5, 5.41) is 7.69. The Bertz CT molecular complexity index is 233. The Hall–Kier alpha value is -0.330. The number of hydrogen-bond donors (Lipinski definition) is 1. The normalized spacial score (nSPS) is 13.6. The molecular formula is C3H4N2O2S2. The van der Waals surface area contributed by atoms with E-state index in [0.717, 1.165) is 11.3 Å². The molecule has 1 aromatic rings. The molecule has 0 aromatic carbocycles. The van der Waals surface area contributed by atoms with Gasteiger partial charge in [0.1, 0.15) is 5.01 Å². The van der Waals surface area contributed by atoms with Crippen molar-refractivity contribution in [3.63, 3.8) is 0 Å². The first-order valence-electron chi connectivity index (χ1n) is 2.11.